The maximum absolute atomic E-state index is 7.46. The molecule has 0 radical (unpaired) electrons. The molecule has 7 heteroatoms. The molecular formula is C64H70N4O3. The lowest BCUT2D eigenvalue weighted by molar-refractivity contribution is 0.0881. The summed E-state index contributed by atoms with van der Waals surface area (Å²) in [4.78, 5) is 9.75. The van der Waals surface area contributed by atoms with E-state index in [0.29, 0.717) is 79.0 Å². The summed E-state index contributed by atoms with van der Waals surface area (Å²) in [6, 6.07) is 4.95. The maximum Gasteiger partial charge on any atom is 0.203 e. The van der Waals surface area contributed by atoms with Crippen LogP contribution in [-0.4, -0.2) is 115 Å². The van der Waals surface area contributed by atoms with Gasteiger partial charge in [0.2, 0.25) is 5.75 Å². The van der Waals surface area contributed by atoms with Crippen LogP contribution in [0.4, 0.5) is 0 Å². The molecule has 364 valence electrons. The molecule has 13 unspecified atom stereocenters. The van der Waals surface area contributed by atoms with E-state index in [0.717, 1.165) is 62.7 Å². The molecule has 3 fully saturated rings. The lowest BCUT2D eigenvalue weighted by atomic mass is 9.41. The minimum absolute atomic E-state index is 0.00472. The third-order valence-electron chi connectivity index (χ3n) is 22.9. The van der Waals surface area contributed by atoms with Crippen molar-refractivity contribution in [2.75, 3.05) is 95.3 Å². The van der Waals surface area contributed by atoms with Gasteiger partial charge in [0.15, 0.2) is 11.5 Å². The molecule has 0 N–H and O–H groups in total. The molecule has 1 saturated heterocycles. The molecule has 2 spiro atoms. The molecule has 7 nitrogen and oxygen atoms in total. The number of fused-ring (bicyclic) bond motifs is 5. The zero-order valence-electron chi connectivity index (χ0n) is 43.1. The second kappa shape index (κ2) is 13.3. The number of likely N-dealkylation sites (tertiary alicyclic amines) is 1. The van der Waals surface area contributed by atoms with E-state index >= 15 is 0 Å². The average Bonchev–Trinajstić information content (AvgIpc) is 4.35. The van der Waals surface area contributed by atoms with Crippen molar-refractivity contribution in [2.24, 2.45) is 47.3 Å². The van der Waals surface area contributed by atoms with Crippen LogP contribution in [-0.2, 0) is 10.8 Å². The standard InChI is InChI=1S/C64H70N4O3/c1-65(2)23-8-26-69-41-22-19-38(60(70-27-9-24-66(3)4)61(41)71-28-10-25-67(5)6)62-64-40-21-20-39-36-17-15-34-32-13-11-30-31-12-14-33-35-16-18-37(40)49-47(35)52-45(33)43(31)50-42(30)44(32)51-46(34)48(36)58(63(39,64)29-68(62)7)56-54(51)53(50)55(52)57(56)59(49)64/h11-14,19,22,30-33,39-40,42-45,62H,8-10,15-18,20-21,23-29H2,1-7H3. The largest absolute Gasteiger partial charge is 0.489 e. The highest BCUT2D eigenvalue weighted by Gasteiger charge is 2.80. The van der Waals surface area contributed by atoms with Gasteiger partial charge in [0, 0.05) is 72.3 Å². The Balaban J connectivity index is 0.950. The van der Waals surface area contributed by atoms with Crippen molar-refractivity contribution >= 4 is 27.9 Å². The zero-order chi connectivity index (χ0) is 47.0. The fourth-order valence-electron chi connectivity index (χ4n) is 21.7. The second-order valence-electron chi connectivity index (χ2n) is 26.3. The molecule has 0 aromatic heterocycles. The summed E-state index contributed by atoms with van der Waals surface area (Å²) in [6.45, 7) is 5.97. The first-order valence-corrected chi connectivity index (χ1v) is 28.4. The van der Waals surface area contributed by atoms with E-state index in [1.807, 2.05) is 66.1 Å². The van der Waals surface area contributed by atoms with Crippen molar-refractivity contribution in [3.63, 3.8) is 0 Å². The Kier molecular flexibility index (Phi) is 7.67. The van der Waals surface area contributed by atoms with Crippen LogP contribution >= 0.6 is 0 Å². The number of benzene rings is 3. The Hall–Kier alpha value is -4.40. The normalized spacial score (nSPS) is 36.8. The number of hydrogen-bond acceptors (Lipinski definition) is 7. The number of likely N-dealkylation sites (N-methyl/N-ethyl adjacent to an activating group) is 1. The topological polar surface area (TPSA) is 40.6 Å². The third-order valence-corrected chi connectivity index (χ3v) is 22.9. The van der Waals surface area contributed by atoms with Crippen molar-refractivity contribution < 1.29 is 14.2 Å². The van der Waals surface area contributed by atoms with Gasteiger partial charge >= 0.3 is 0 Å². The van der Waals surface area contributed by atoms with Crippen LogP contribution in [0.25, 0.3) is 39.0 Å². The molecule has 1 aliphatic heterocycles. The number of nitrogens with zero attached hydrogens (tertiary/aromatic N) is 4. The smallest absolute Gasteiger partial charge is 0.203 e. The second-order valence-corrected chi connectivity index (χ2v) is 26.3. The van der Waals surface area contributed by atoms with E-state index in [1.54, 1.807) is 32.7 Å². The van der Waals surface area contributed by atoms with E-state index in [4.69, 9.17) is 14.2 Å². The van der Waals surface area contributed by atoms with E-state index in [1.165, 1.54) is 44.1 Å². The highest BCUT2D eigenvalue weighted by Crippen LogP contribution is 2.82. The summed E-state index contributed by atoms with van der Waals surface area (Å²) >= 11 is 0. The van der Waals surface area contributed by atoms with Gasteiger partial charge in [0.05, 0.1) is 19.8 Å². The van der Waals surface area contributed by atoms with Gasteiger partial charge in [0.25, 0.3) is 0 Å². The molecule has 0 amide bonds. The molecule has 0 bridgehead atoms. The Morgan fingerprint density at radius 2 is 1.10 bits per heavy atom. The Bertz CT molecular complexity index is 3470. The van der Waals surface area contributed by atoms with Gasteiger partial charge in [-0.1, -0.05) is 52.2 Å². The molecule has 71 heavy (non-hydrogen) atoms. The van der Waals surface area contributed by atoms with Crippen LogP contribution in [0.15, 0.2) is 42.0 Å². The van der Waals surface area contributed by atoms with Gasteiger partial charge in [-0.05, 0) is 226 Å². The van der Waals surface area contributed by atoms with Crippen LogP contribution in [0.2, 0.25) is 0 Å². The van der Waals surface area contributed by atoms with E-state index in [2.05, 4.69) is 105 Å². The summed E-state index contributed by atoms with van der Waals surface area (Å²) < 4.78 is 21.5. The van der Waals surface area contributed by atoms with Crippen molar-refractivity contribution in [3.05, 3.63) is 102 Å². The minimum atomic E-state index is -0.119. The zero-order valence-corrected chi connectivity index (χ0v) is 43.1. The number of hydrogen-bond donors (Lipinski definition) is 0. The highest BCUT2D eigenvalue weighted by atomic mass is 16.5. The van der Waals surface area contributed by atoms with Gasteiger partial charge in [-0.3, -0.25) is 4.90 Å². The SMILES string of the molecule is CN(C)CCCOc1ccc(C2N(C)CC34c5c6c7c8c9c5=C5CCC=9C9C=CC%10C%11C=CC%12C%13=c%14c%15c(c-6c6c%14=C(CC%13)C(CCC53)C624)C7=C(C%10C89)C%11C%15%12)c(OCCCN(C)C)c1OCCCN(C)C. The Morgan fingerprint density at radius 3 is 1.72 bits per heavy atom. The first kappa shape index (κ1) is 41.0. The number of allylic oxidation sites excluding steroid dienone is 5. The van der Waals surface area contributed by atoms with Crippen molar-refractivity contribution in [2.45, 2.75) is 86.5 Å². The summed E-state index contributed by atoms with van der Waals surface area (Å²) in [5, 5.41) is 7.21. The van der Waals surface area contributed by atoms with Crippen LogP contribution in [0.5, 0.6) is 17.2 Å². The predicted molar refractivity (Wildman–Crippen MR) is 281 cm³/mol. The van der Waals surface area contributed by atoms with Crippen molar-refractivity contribution in [3.8, 4) is 28.4 Å². The number of rotatable bonds is 16. The molecule has 3 aromatic rings. The van der Waals surface area contributed by atoms with Crippen LogP contribution < -0.4 is 35.1 Å². The average molecular weight is 943 g/mol. The Labute approximate surface area is 419 Å². The summed E-state index contributed by atoms with van der Waals surface area (Å²) in [7, 11) is 15.6. The predicted octanol–water partition coefficient (Wildman–Crippen LogP) is 6.95. The first-order chi connectivity index (χ1) is 34.7. The van der Waals surface area contributed by atoms with Gasteiger partial charge in [-0.2, -0.15) is 0 Å². The lowest BCUT2D eigenvalue weighted by Gasteiger charge is -2.59. The highest BCUT2D eigenvalue weighted by molar-refractivity contribution is 6.13. The van der Waals surface area contributed by atoms with Crippen molar-refractivity contribution in [1.82, 2.24) is 19.6 Å². The first-order valence-electron chi connectivity index (χ1n) is 28.4. The third kappa shape index (κ3) is 4.23. The van der Waals surface area contributed by atoms with E-state index < -0.39 is 0 Å². The van der Waals surface area contributed by atoms with E-state index in [9.17, 15) is 0 Å². The molecule has 13 atom stereocenters. The quantitative estimate of drug-likeness (QED) is 0.0891. The van der Waals surface area contributed by atoms with Gasteiger partial charge in [0.1, 0.15) is 0 Å². The van der Waals surface area contributed by atoms with Crippen LogP contribution in [0, 0.1) is 47.3 Å². The van der Waals surface area contributed by atoms with Crippen LogP contribution in [0.3, 0.4) is 0 Å². The molecule has 3 aromatic carbocycles. The van der Waals surface area contributed by atoms with Crippen molar-refractivity contribution in [1.29, 1.82) is 0 Å². The Morgan fingerprint density at radius 1 is 0.563 bits per heavy atom. The van der Waals surface area contributed by atoms with Gasteiger partial charge < -0.3 is 28.9 Å². The summed E-state index contributed by atoms with van der Waals surface area (Å²) in [5.41, 5.74) is 27.0. The molecule has 14 aliphatic carbocycles. The molecule has 15 aliphatic rings. The molecule has 18 rings (SSSR count). The molecule has 1 heterocycles. The van der Waals surface area contributed by atoms with Crippen LogP contribution in [0.1, 0.15) is 115 Å². The maximum atomic E-state index is 7.46. The molecular weight excluding hydrogens is 873 g/mol. The summed E-state index contributed by atoms with van der Waals surface area (Å²) in [5.74, 6) is 8.70. The fourth-order valence-corrected chi connectivity index (χ4v) is 21.7. The minimum Gasteiger partial charge on any atom is -0.489 e. The molecule has 2 saturated carbocycles. The fraction of sp³-hybridized carbons (Fsp3) is 0.562. The summed E-state index contributed by atoms with van der Waals surface area (Å²) in [6.07, 6.45) is 21.7. The van der Waals surface area contributed by atoms with Gasteiger partial charge in [-0.25, -0.2) is 0 Å². The monoisotopic (exact) mass is 943 g/mol. The van der Waals surface area contributed by atoms with Gasteiger partial charge in [-0.15, -0.1) is 0 Å². The van der Waals surface area contributed by atoms with E-state index in [-0.39, 0.29) is 16.9 Å². The lowest BCUT2D eigenvalue weighted by Crippen LogP contribution is -2.61. The number of ether oxygens (including phenoxy) is 3.